The van der Waals surface area contributed by atoms with Crippen LogP contribution in [-0.4, -0.2) is 9.97 Å². The van der Waals surface area contributed by atoms with E-state index in [9.17, 15) is 0 Å². The van der Waals surface area contributed by atoms with Crippen molar-refractivity contribution in [1.29, 1.82) is 0 Å². The van der Waals surface area contributed by atoms with E-state index in [1.165, 1.54) is 20.2 Å². The van der Waals surface area contributed by atoms with Crippen LogP contribution in [0.4, 0.5) is 0 Å². The van der Waals surface area contributed by atoms with E-state index in [0.717, 1.165) is 11.4 Å². The molecule has 0 saturated carbocycles. The number of thiophene rings is 1. The maximum absolute atomic E-state index is 4.32. The van der Waals surface area contributed by atoms with Gasteiger partial charge in [-0.1, -0.05) is 0 Å². The molecule has 0 saturated heterocycles. The van der Waals surface area contributed by atoms with Crippen molar-refractivity contribution in [1.82, 2.24) is 9.97 Å². The minimum absolute atomic E-state index is 1.07. The highest BCUT2D eigenvalue weighted by Crippen LogP contribution is 2.33. The number of pyridine rings is 2. The quantitative estimate of drug-likeness (QED) is 0.572. The predicted molar refractivity (Wildman–Crippen MR) is 64.4 cm³/mol. The van der Waals surface area contributed by atoms with E-state index >= 15 is 0 Å². The molecule has 3 rings (SSSR count). The highest BCUT2D eigenvalue weighted by molar-refractivity contribution is 7.25. The largest absolute Gasteiger partial charge is 0.260 e. The van der Waals surface area contributed by atoms with Gasteiger partial charge in [0, 0.05) is 34.6 Å². The Bertz CT molecular complexity index is 599. The summed E-state index contributed by atoms with van der Waals surface area (Å²) in [7, 11) is 0. The molecule has 74 valence electrons. The Morgan fingerprint density at radius 3 is 1.80 bits per heavy atom. The van der Waals surface area contributed by atoms with Crippen LogP contribution in [0.5, 0.6) is 0 Å². The van der Waals surface area contributed by atoms with Gasteiger partial charge in [0.1, 0.15) is 0 Å². The van der Waals surface area contributed by atoms with Gasteiger partial charge in [-0.25, -0.2) is 0 Å². The first-order valence-corrected chi connectivity index (χ1v) is 5.67. The van der Waals surface area contributed by atoms with Crippen molar-refractivity contribution in [2.75, 3.05) is 0 Å². The summed E-state index contributed by atoms with van der Waals surface area (Å²) in [5, 5.41) is 2.60. The molecule has 0 amide bonds. The van der Waals surface area contributed by atoms with Gasteiger partial charge in [0.2, 0.25) is 0 Å². The summed E-state index contributed by atoms with van der Waals surface area (Å²) in [4.78, 5) is 8.63. The summed E-state index contributed by atoms with van der Waals surface area (Å²) in [6, 6.07) is 4.29. The molecule has 0 radical (unpaired) electrons. The van der Waals surface area contributed by atoms with Gasteiger partial charge in [-0.3, -0.25) is 9.97 Å². The highest BCUT2D eigenvalue weighted by atomic mass is 32.1. The van der Waals surface area contributed by atoms with Gasteiger partial charge < -0.3 is 0 Å². The molecule has 3 heterocycles. The maximum Gasteiger partial charge on any atom is 0.0539 e. The number of hydrogen-bond acceptors (Lipinski definition) is 3. The Kier molecular flexibility index (Phi) is 1.76. The molecular weight excluding hydrogens is 204 g/mol. The molecule has 0 fully saturated rings. The number of hydrogen-bond donors (Lipinski definition) is 0. The first kappa shape index (κ1) is 8.80. The lowest BCUT2D eigenvalue weighted by molar-refractivity contribution is 1.22. The normalized spacial score (nSPS) is 11.3. The van der Waals surface area contributed by atoms with Crippen molar-refractivity contribution in [3.05, 3.63) is 35.9 Å². The topological polar surface area (TPSA) is 25.8 Å². The lowest BCUT2D eigenvalue weighted by Crippen LogP contribution is -1.79. The standard InChI is InChI=1S/C12H10N2S/c1-7-3-9-10-4-8(2)14-6-12(10)15-11(9)5-13-7/h3-6H,1-2H3. The third-order valence-corrected chi connectivity index (χ3v) is 3.61. The molecule has 0 N–H and O–H groups in total. The van der Waals surface area contributed by atoms with Gasteiger partial charge in [0.05, 0.1) is 9.40 Å². The summed E-state index contributed by atoms with van der Waals surface area (Å²) in [6.07, 6.45) is 3.90. The summed E-state index contributed by atoms with van der Waals surface area (Å²) in [5.74, 6) is 0. The van der Waals surface area contributed by atoms with E-state index in [1.54, 1.807) is 11.3 Å². The zero-order valence-electron chi connectivity index (χ0n) is 8.61. The van der Waals surface area contributed by atoms with E-state index in [4.69, 9.17) is 0 Å². The molecular formula is C12H10N2S. The fourth-order valence-corrected chi connectivity index (χ4v) is 2.80. The van der Waals surface area contributed by atoms with Crippen LogP contribution < -0.4 is 0 Å². The SMILES string of the molecule is Cc1cc2c(cn1)sc1cnc(C)cc12. The van der Waals surface area contributed by atoms with Crippen LogP contribution in [0.2, 0.25) is 0 Å². The first-order valence-electron chi connectivity index (χ1n) is 4.85. The second-order valence-electron chi connectivity index (χ2n) is 3.75. The molecule has 2 nitrogen and oxygen atoms in total. The minimum atomic E-state index is 1.07. The Morgan fingerprint density at radius 1 is 0.867 bits per heavy atom. The van der Waals surface area contributed by atoms with Crippen LogP contribution in [0.3, 0.4) is 0 Å². The third-order valence-electron chi connectivity index (χ3n) is 2.52. The molecule has 0 aliphatic heterocycles. The zero-order valence-corrected chi connectivity index (χ0v) is 9.43. The van der Waals surface area contributed by atoms with Crippen LogP contribution in [0.25, 0.3) is 20.2 Å². The highest BCUT2D eigenvalue weighted by Gasteiger charge is 2.05. The fraction of sp³-hybridized carbons (Fsp3) is 0.167. The van der Waals surface area contributed by atoms with Crippen molar-refractivity contribution in [3.8, 4) is 0 Å². The molecule has 0 unspecified atom stereocenters. The number of fused-ring (bicyclic) bond motifs is 3. The smallest absolute Gasteiger partial charge is 0.0539 e. The lowest BCUT2D eigenvalue weighted by Gasteiger charge is -1.94. The van der Waals surface area contributed by atoms with E-state index in [-0.39, 0.29) is 0 Å². The fourth-order valence-electron chi connectivity index (χ4n) is 1.80. The Balaban J connectivity index is 2.55. The van der Waals surface area contributed by atoms with Gasteiger partial charge in [-0.2, -0.15) is 0 Å². The summed E-state index contributed by atoms with van der Waals surface area (Å²) < 4.78 is 2.48. The van der Waals surface area contributed by atoms with E-state index < -0.39 is 0 Å². The number of nitrogens with zero attached hydrogens (tertiary/aromatic N) is 2. The van der Waals surface area contributed by atoms with Crippen molar-refractivity contribution >= 4 is 31.5 Å². The van der Waals surface area contributed by atoms with E-state index in [2.05, 4.69) is 22.1 Å². The number of aromatic nitrogens is 2. The number of rotatable bonds is 0. The summed E-state index contributed by atoms with van der Waals surface area (Å²) >= 11 is 1.75. The van der Waals surface area contributed by atoms with Crippen molar-refractivity contribution in [2.45, 2.75) is 13.8 Å². The second-order valence-corrected chi connectivity index (χ2v) is 4.83. The molecule has 0 aromatic carbocycles. The molecule has 15 heavy (non-hydrogen) atoms. The van der Waals surface area contributed by atoms with Crippen LogP contribution >= 0.6 is 11.3 Å². The van der Waals surface area contributed by atoms with Gasteiger partial charge in [0.15, 0.2) is 0 Å². The lowest BCUT2D eigenvalue weighted by atomic mass is 10.2. The molecule has 0 aliphatic rings. The van der Waals surface area contributed by atoms with Crippen LogP contribution in [0.1, 0.15) is 11.4 Å². The Hall–Kier alpha value is -1.48. The molecule has 0 aliphatic carbocycles. The van der Waals surface area contributed by atoms with Crippen LogP contribution in [-0.2, 0) is 0 Å². The van der Waals surface area contributed by atoms with Crippen molar-refractivity contribution < 1.29 is 0 Å². The second kappa shape index (κ2) is 3.00. The summed E-state index contributed by atoms with van der Waals surface area (Å²) in [5.41, 5.74) is 2.13. The molecule has 3 aromatic heterocycles. The molecule has 0 bridgehead atoms. The van der Waals surface area contributed by atoms with Gasteiger partial charge in [-0.15, -0.1) is 11.3 Å². The first-order chi connectivity index (χ1) is 7.24. The van der Waals surface area contributed by atoms with E-state index in [1.807, 2.05) is 26.2 Å². The van der Waals surface area contributed by atoms with Crippen LogP contribution in [0, 0.1) is 13.8 Å². The van der Waals surface area contributed by atoms with Gasteiger partial charge >= 0.3 is 0 Å². The third kappa shape index (κ3) is 1.31. The molecule has 0 atom stereocenters. The minimum Gasteiger partial charge on any atom is -0.260 e. The molecule has 3 aromatic rings. The monoisotopic (exact) mass is 214 g/mol. The van der Waals surface area contributed by atoms with Crippen molar-refractivity contribution in [2.24, 2.45) is 0 Å². The summed E-state index contributed by atoms with van der Waals surface area (Å²) in [6.45, 7) is 4.05. The van der Waals surface area contributed by atoms with Crippen molar-refractivity contribution in [3.63, 3.8) is 0 Å². The van der Waals surface area contributed by atoms with Gasteiger partial charge in [0.25, 0.3) is 0 Å². The Labute approximate surface area is 91.6 Å². The molecule has 0 spiro atoms. The number of aryl methyl sites for hydroxylation is 2. The van der Waals surface area contributed by atoms with E-state index in [0.29, 0.717) is 0 Å². The predicted octanol–water partition coefficient (Wildman–Crippen LogP) is 3.46. The average molecular weight is 214 g/mol. The Morgan fingerprint density at radius 2 is 1.33 bits per heavy atom. The average Bonchev–Trinajstić information content (AvgIpc) is 2.56. The molecule has 3 heteroatoms. The zero-order chi connectivity index (χ0) is 10.4. The van der Waals surface area contributed by atoms with Gasteiger partial charge in [-0.05, 0) is 26.0 Å². The van der Waals surface area contributed by atoms with Crippen LogP contribution in [0.15, 0.2) is 24.5 Å². The maximum atomic E-state index is 4.32.